The van der Waals surface area contributed by atoms with Gasteiger partial charge in [0.15, 0.2) is 0 Å². The molecule has 0 aromatic heterocycles. The van der Waals surface area contributed by atoms with Crippen LogP contribution in [0.3, 0.4) is 0 Å². The van der Waals surface area contributed by atoms with Crippen LogP contribution in [0.1, 0.15) is 31.9 Å². The van der Waals surface area contributed by atoms with Gasteiger partial charge < -0.3 is 15.3 Å². The zero-order chi connectivity index (χ0) is 19.6. The van der Waals surface area contributed by atoms with Crippen LogP contribution in [0.25, 0.3) is 0 Å². The number of phenols is 2. The van der Waals surface area contributed by atoms with Gasteiger partial charge in [-0.25, -0.2) is 4.79 Å². The maximum absolute atomic E-state index is 9.60. The SMILES string of the molecule is C=C.C=C(C)C(=O)O.CC(C)(c1ccc(O)cc1)c1ccc(O)cc1. The van der Waals surface area contributed by atoms with Gasteiger partial charge in [-0.1, -0.05) is 44.7 Å². The van der Waals surface area contributed by atoms with E-state index in [1.807, 2.05) is 24.3 Å². The minimum atomic E-state index is -0.935. The summed E-state index contributed by atoms with van der Waals surface area (Å²) in [4.78, 5) is 9.60. The molecule has 0 amide bonds. The zero-order valence-corrected chi connectivity index (χ0v) is 15.0. The third-order valence-electron chi connectivity index (χ3n) is 3.54. The Bertz CT molecular complexity index is 623. The predicted octanol–water partition coefficient (Wildman–Crippen LogP) is 4.87. The van der Waals surface area contributed by atoms with Gasteiger partial charge in [-0.15, -0.1) is 13.2 Å². The normalized spacial score (nSPS) is 9.72. The molecule has 0 bridgehead atoms. The fourth-order valence-electron chi connectivity index (χ4n) is 1.92. The monoisotopic (exact) mass is 342 g/mol. The highest BCUT2D eigenvalue weighted by molar-refractivity contribution is 5.84. The van der Waals surface area contributed by atoms with E-state index in [0.29, 0.717) is 0 Å². The lowest BCUT2D eigenvalue weighted by molar-refractivity contribution is -0.132. The van der Waals surface area contributed by atoms with E-state index in [1.165, 1.54) is 6.92 Å². The Hall–Kier alpha value is -3.01. The number of aliphatic carboxylic acids is 1. The molecule has 25 heavy (non-hydrogen) atoms. The molecule has 0 saturated carbocycles. The second-order valence-electron chi connectivity index (χ2n) is 5.80. The van der Waals surface area contributed by atoms with Crippen LogP contribution in [0.4, 0.5) is 0 Å². The number of phenolic OH excluding ortho intramolecular Hbond substituents is 2. The number of rotatable bonds is 3. The van der Waals surface area contributed by atoms with Crippen molar-refractivity contribution in [2.24, 2.45) is 0 Å². The lowest BCUT2D eigenvalue weighted by Crippen LogP contribution is -2.18. The highest BCUT2D eigenvalue weighted by atomic mass is 16.4. The first-order valence-corrected chi connectivity index (χ1v) is 7.62. The van der Waals surface area contributed by atoms with Crippen LogP contribution in [-0.2, 0) is 10.2 Å². The first-order valence-electron chi connectivity index (χ1n) is 7.62. The van der Waals surface area contributed by atoms with E-state index in [4.69, 9.17) is 5.11 Å². The van der Waals surface area contributed by atoms with Crippen LogP contribution in [0.2, 0.25) is 0 Å². The number of carbonyl (C=O) groups is 1. The molecule has 0 heterocycles. The molecule has 4 nitrogen and oxygen atoms in total. The summed E-state index contributed by atoms with van der Waals surface area (Å²) in [6.07, 6.45) is 0. The summed E-state index contributed by atoms with van der Waals surface area (Å²) in [5.41, 5.74) is 2.28. The average molecular weight is 342 g/mol. The largest absolute Gasteiger partial charge is 0.508 e. The van der Waals surface area contributed by atoms with Crippen molar-refractivity contribution in [3.05, 3.63) is 85.0 Å². The number of benzene rings is 2. The van der Waals surface area contributed by atoms with E-state index in [9.17, 15) is 15.0 Å². The van der Waals surface area contributed by atoms with E-state index in [2.05, 4.69) is 33.6 Å². The molecule has 0 unspecified atom stereocenters. The van der Waals surface area contributed by atoms with Crippen molar-refractivity contribution in [2.45, 2.75) is 26.2 Å². The Balaban J connectivity index is 0.000000614. The van der Waals surface area contributed by atoms with Crippen molar-refractivity contribution < 1.29 is 20.1 Å². The summed E-state index contributed by atoms with van der Waals surface area (Å²) in [6.45, 7) is 14.8. The predicted molar refractivity (Wildman–Crippen MR) is 102 cm³/mol. The molecular weight excluding hydrogens is 316 g/mol. The van der Waals surface area contributed by atoms with Crippen molar-refractivity contribution >= 4 is 5.97 Å². The molecule has 0 aliphatic rings. The number of hydrogen-bond donors (Lipinski definition) is 3. The van der Waals surface area contributed by atoms with Crippen LogP contribution >= 0.6 is 0 Å². The summed E-state index contributed by atoms with van der Waals surface area (Å²) in [5.74, 6) is -0.388. The topological polar surface area (TPSA) is 77.8 Å². The number of carboxylic acid groups (broad SMARTS) is 1. The molecule has 3 N–H and O–H groups in total. The summed E-state index contributed by atoms with van der Waals surface area (Å²) in [7, 11) is 0. The van der Waals surface area contributed by atoms with Gasteiger partial charge in [-0.05, 0) is 42.3 Å². The smallest absolute Gasteiger partial charge is 0.330 e. The molecule has 4 heteroatoms. The van der Waals surface area contributed by atoms with Crippen molar-refractivity contribution in [3.8, 4) is 11.5 Å². The molecule has 0 aliphatic heterocycles. The zero-order valence-electron chi connectivity index (χ0n) is 15.0. The average Bonchev–Trinajstić information content (AvgIpc) is 2.58. The molecule has 0 aliphatic carbocycles. The summed E-state index contributed by atoms with van der Waals surface area (Å²) in [6, 6.07) is 14.4. The summed E-state index contributed by atoms with van der Waals surface area (Å²) >= 11 is 0. The van der Waals surface area contributed by atoms with E-state index in [1.54, 1.807) is 24.3 Å². The number of aromatic hydroxyl groups is 2. The number of carboxylic acids is 1. The van der Waals surface area contributed by atoms with Gasteiger partial charge in [0.25, 0.3) is 0 Å². The Labute approximate surface area is 149 Å². The van der Waals surface area contributed by atoms with Crippen molar-refractivity contribution in [3.63, 3.8) is 0 Å². The van der Waals surface area contributed by atoms with Crippen LogP contribution in [0, 0.1) is 0 Å². The maximum atomic E-state index is 9.60. The highest BCUT2D eigenvalue weighted by Gasteiger charge is 2.22. The third-order valence-corrected chi connectivity index (χ3v) is 3.54. The summed E-state index contributed by atoms with van der Waals surface area (Å²) < 4.78 is 0. The quantitative estimate of drug-likeness (QED) is 0.549. The van der Waals surface area contributed by atoms with Crippen LogP contribution in [-0.4, -0.2) is 21.3 Å². The minimum Gasteiger partial charge on any atom is -0.508 e. The molecule has 0 spiro atoms. The molecule has 134 valence electrons. The van der Waals surface area contributed by atoms with Gasteiger partial charge in [0.2, 0.25) is 0 Å². The second-order valence-corrected chi connectivity index (χ2v) is 5.80. The molecule has 0 atom stereocenters. The van der Waals surface area contributed by atoms with Crippen molar-refractivity contribution in [1.29, 1.82) is 0 Å². The Morgan fingerprint density at radius 3 is 1.28 bits per heavy atom. The molecular formula is C21H26O4. The molecule has 2 rings (SSSR count). The lowest BCUT2D eigenvalue weighted by Gasteiger charge is -2.26. The molecule has 2 aromatic rings. The van der Waals surface area contributed by atoms with E-state index in [0.717, 1.165) is 11.1 Å². The molecule has 2 aromatic carbocycles. The highest BCUT2D eigenvalue weighted by Crippen LogP contribution is 2.32. The number of hydrogen-bond acceptors (Lipinski definition) is 3. The fourth-order valence-corrected chi connectivity index (χ4v) is 1.92. The van der Waals surface area contributed by atoms with Gasteiger partial charge in [0.05, 0.1) is 0 Å². The van der Waals surface area contributed by atoms with Crippen LogP contribution in [0.15, 0.2) is 73.8 Å². The van der Waals surface area contributed by atoms with E-state index < -0.39 is 5.97 Å². The maximum Gasteiger partial charge on any atom is 0.330 e. The summed E-state index contributed by atoms with van der Waals surface area (Å²) in [5, 5.41) is 26.5. The van der Waals surface area contributed by atoms with Gasteiger partial charge in [-0.3, -0.25) is 0 Å². The Morgan fingerprint density at radius 1 is 0.840 bits per heavy atom. The van der Waals surface area contributed by atoms with Gasteiger partial charge in [0, 0.05) is 11.0 Å². The Kier molecular flexibility index (Phi) is 8.78. The van der Waals surface area contributed by atoms with Crippen LogP contribution < -0.4 is 0 Å². The van der Waals surface area contributed by atoms with Crippen molar-refractivity contribution in [2.75, 3.05) is 0 Å². The minimum absolute atomic E-state index is 0.151. The molecule has 0 radical (unpaired) electrons. The Morgan fingerprint density at radius 2 is 1.08 bits per heavy atom. The van der Waals surface area contributed by atoms with Gasteiger partial charge in [-0.2, -0.15) is 0 Å². The lowest BCUT2D eigenvalue weighted by atomic mass is 9.78. The first-order chi connectivity index (χ1) is 11.6. The van der Waals surface area contributed by atoms with Crippen LogP contribution in [0.5, 0.6) is 11.5 Å². The second kappa shape index (κ2) is 9.98. The van der Waals surface area contributed by atoms with E-state index in [-0.39, 0.29) is 22.5 Å². The van der Waals surface area contributed by atoms with Crippen molar-refractivity contribution in [1.82, 2.24) is 0 Å². The van der Waals surface area contributed by atoms with Gasteiger partial charge in [0.1, 0.15) is 11.5 Å². The van der Waals surface area contributed by atoms with E-state index >= 15 is 0 Å². The third kappa shape index (κ3) is 6.96. The fraction of sp³-hybridized carbons (Fsp3) is 0.190. The molecule has 0 saturated heterocycles. The first kappa shape index (κ1) is 22.0. The standard InChI is InChI=1S/C15H16O2.C4H6O2.C2H4/c1-15(2,11-3-7-13(16)8-4-11)12-5-9-14(17)10-6-12;1-3(2)4(5)6;1-2/h3-10,16-17H,1-2H3;1H2,2H3,(H,5,6);1-2H2. The van der Waals surface area contributed by atoms with Gasteiger partial charge >= 0.3 is 5.97 Å². The molecule has 0 fully saturated rings.